The highest BCUT2D eigenvalue weighted by Gasteiger charge is 2.39. The van der Waals surface area contributed by atoms with Gasteiger partial charge in [-0.2, -0.15) is 5.09 Å². The number of thioether (sulfide) groups is 1. The molecule has 0 saturated carbocycles. The molecule has 1 aromatic carbocycles. The van der Waals surface area contributed by atoms with Crippen LogP contribution in [0.15, 0.2) is 30.3 Å². The Hall–Kier alpha value is -2.44. The fourth-order valence-corrected chi connectivity index (χ4v) is 4.88. The summed E-state index contributed by atoms with van der Waals surface area (Å²) in [5, 5.41) is 18.1. The molecule has 0 aliphatic carbocycles. The number of aliphatic hydroxyl groups excluding tert-OH is 1. The highest BCUT2D eigenvalue weighted by Crippen LogP contribution is 2.46. The Balaban J connectivity index is 2.69. The summed E-state index contributed by atoms with van der Waals surface area (Å²) in [5.74, 6) is -1.09. The fraction of sp³-hybridized carbons (Fsp3) is 0.565. The number of benzene rings is 1. The summed E-state index contributed by atoms with van der Waals surface area (Å²) in [6.07, 6.45) is -1.60. The SMILES string of the molecule is COC(=O)[C@H](C)NP(=O)(OCC(C)(C)[C@@H](O)C(=O)NCCC(=O)NCCSC(C)=O)Oc1ccccc1. The zero-order valence-electron chi connectivity index (χ0n) is 21.6. The molecule has 1 aromatic rings. The van der Waals surface area contributed by atoms with Crippen LogP contribution in [0.4, 0.5) is 0 Å². The van der Waals surface area contributed by atoms with Gasteiger partial charge in [-0.05, 0) is 19.1 Å². The second kappa shape index (κ2) is 15.7. The van der Waals surface area contributed by atoms with Crippen LogP contribution in [0.25, 0.3) is 0 Å². The summed E-state index contributed by atoms with van der Waals surface area (Å²) < 4.78 is 29.1. The predicted octanol–water partition coefficient (Wildman–Crippen LogP) is 1.63. The summed E-state index contributed by atoms with van der Waals surface area (Å²) in [4.78, 5) is 47.0. The van der Waals surface area contributed by atoms with Gasteiger partial charge < -0.3 is 25.0 Å². The molecule has 0 heterocycles. The van der Waals surface area contributed by atoms with E-state index in [4.69, 9.17) is 9.05 Å². The van der Waals surface area contributed by atoms with Gasteiger partial charge in [0.2, 0.25) is 11.8 Å². The Morgan fingerprint density at radius 1 is 1.11 bits per heavy atom. The van der Waals surface area contributed by atoms with Crippen LogP contribution in [-0.4, -0.2) is 72.7 Å². The number of amides is 2. The quantitative estimate of drug-likeness (QED) is 0.131. The molecule has 0 radical (unpaired) electrons. The number of hydrogen-bond donors (Lipinski definition) is 4. The minimum Gasteiger partial charge on any atom is -0.468 e. The highest BCUT2D eigenvalue weighted by atomic mass is 32.2. The number of rotatable bonds is 16. The van der Waals surface area contributed by atoms with E-state index in [1.807, 2.05) is 0 Å². The van der Waals surface area contributed by atoms with Gasteiger partial charge in [0.25, 0.3) is 0 Å². The summed E-state index contributed by atoms with van der Waals surface area (Å²) in [7, 11) is -2.97. The lowest BCUT2D eigenvalue weighted by atomic mass is 9.87. The van der Waals surface area contributed by atoms with Crippen molar-refractivity contribution in [2.45, 2.75) is 46.3 Å². The van der Waals surface area contributed by atoms with Gasteiger partial charge in [-0.1, -0.05) is 43.8 Å². The maximum absolute atomic E-state index is 13.4. The molecule has 3 atom stereocenters. The summed E-state index contributed by atoms with van der Waals surface area (Å²) >= 11 is 1.10. The number of carbonyl (C=O) groups excluding carboxylic acids is 4. The number of para-hydroxylation sites is 1. The van der Waals surface area contributed by atoms with E-state index in [9.17, 15) is 28.8 Å². The van der Waals surface area contributed by atoms with Crippen molar-refractivity contribution in [3.8, 4) is 5.75 Å². The molecule has 1 rings (SSSR count). The molecule has 0 fully saturated rings. The summed E-state index contributed by atoms with van der Waals surface area (Å²) in [6, 6.07) is 7.11. The molecule has 0 aromatic heterocycles. The van der Waals surface area contributed by atoms with E-state index in [-0.39, 0.29) is 36.3 Å². The number of esters is 1. The first kappa shape index (κ1) is 32.6. The van der Waals surface area contributed by atoms with Gasteiger partial charge in [-0.25, -0.2) is 4.57 Å². The smallest absolute Gasteiger partial charge is 0.459 e. The van der Waals surface area contributed by atoms with Crippen LogP contribution in [0.2, 0.25) is 0 Å². The molecule has 0 bridgehead atoms. The number of methoxy groups -OCH3 is 1. The lowest BCUT2D eigenvalue weighted by molar-refractivity contribution is -0.142. The van der Waals surface area contributed by atoms with E-state index in [0.29, 0.717) is 12.3 Å². The summed E-state index contributed by atoms with van der Waals surface area (Å²) in [6.45, 7) is 5.81. The van der Waals surface area contributed by atoms with Crippen molar-refractivity contribution < 1.29 is 42.6 Å². The standard InChI is InChI=1S/C23H36N3O9PS/c1-16(22(31)33-5)26-36(32,35-18-9-7-6-8-10-18)34-15-23(3,4)20(29)21(30)25-12-11-19(28)24-13-14-37-17(2)27/h6-10,16,20,29H,11-15H2,1-5H3,(H,24,28)(H,25,30)(H,26,32)/t16-,20-,36?/m0/s1. The van der Waals surface area contributed by atoms with Gasteiger partial charge >= 0.3 is 13.7 Å². The second-order valence-corrected chi connectivity index (χ2v) is 11.6. The van der Waals surface area contributed by atoms with E-state index < -0.39 is 37.2 Å². The van der Waals surface area contributed by atoms with Gasteiger partial charge in [0.15, 0.2) is 5.12 Å². The van der Waals surface area contributed by atoms with Crippen molar-refractivity contribution in [2.24, 2.45) is 5.41 Å². The van der Waals surface area contributed by atoms with Crippen LogP contribution in [0.5, 0.6) is 5.75 Å². The summed E-state index contributed by atoms with van der Waals surface area (Å²) in [5.41, 5.74) is -1.23. The Labute approximate surface area is 221 Å². The maximum atomic E-state index is 13.4. The molecule has 1 unspecified atom stereocenters. The van der Waals surface area contributed by atoms with Crippen LogP contribution < -0.4 is 20.2 Å². The Morgan fingerprint density at radius 3 is 2.35 bits per heavy atom. The molecule has 0 saturated heterocycles. The third kappa shape index (κ3) is 12.6. The minimum atomic E-state index is -4.15. The van der Waals surface area contributed by atoms with Crippen LogP contribution in [0.3, 0.4) is 0 Å². The largest absolute Gasteiger partial charge is 0.468 e. The molecule has 208 valence electrons. The Kier molecular flexibility index (Phi) is 13.9. The lowest BCUT2D eigenvalue weighted by Crippen LogP contribution is -2.47. The third-order valence-electron chi connectivity index (χ3n) is 4.85. The number of ether oxygens (including phenoxy) is 1. The molecule has 0 aliphatic heterocycles. The normalized spacial score (nSPS) is 14.5. The molecule has 37 heavy (non-hydrogen) atoms. The first-order chi connectivity index (χ1) is 17.3. The van der Waals surface area contributed by atoms with Crippen molar-refractivity contribution in [1.82, 2.24) is 15.7 Å². The topological polar surface area (TPSA) is 169 Å². The Bertz CT molecular complexity index is 962. The predicted molar refractivity (Wildman–Crippen MR) is 139 cm³/mol. The van der Waals surface area contributed by atoms with E-state index >= 15 is 0 Å². The third-order valence-corrected chi connectivity index (χ3v) is 7.29. The number of aliphatic hydroxyl groups is 1. The molecular formula is C23H36N3O9PS. The van der Waals surface area contributed by atoms with Gasteiger partial charge in [-0.15, -0.1) is 0 Å². The van der Waals surface area contributed by atoms with Crippen molar-refractivity contribution >= 4 is 42.4 Å². The van der Waals surface area contributed by atoms with Crippen LogP contribution >= 0.6 is 19.5 Å². The van der Waals surface area contributed by atoms with E-state index in [0.717, 1.165) is 11.8 Å². The Morgan fingerprint density at radius 2 is 1.76 bits per heavy atom. The van der Waals surface area contributed by atoms with Crippen molar-refractivity contribution in [2.75, 3.05) is 32.6 Å². The van der Waals surface area contributed by atoms with Crippen molar-refractivity contribution in [3.63, 3.8) is 0 Å². The van der Waals surface area contributed by atoms with Crippen LogP contribution in [-0.2, 0) is 33.0 Å². The monoisotopic (exact) mass is 561 g/mol. The minimum absolute atomic E-state index is 0.0183. The van der Waals surface area contributed by atoms with E-state index in [1.165, 1.54) is 34.8 Å². The average molecular weight is 562 g/mol. The van der Waals surface area contributed by atoms with E-state index in [2.05, 4.69) is 20.5 Å². The molecule has 2 amide bonds. The van der Waals surface area contributed by atoms with Gasteiger partial charge in [-0.3, -0.25) is 23.7 Å². The molecule has 4 N–H and O–H groups in total. The van der Waals surface area contributed by atoms with Gasteiger partial charge in [0.05, 0.1) is 13.7 Å². The van der Waals surface area contributed by atoms with Crippen molar-refractivity contribution in [1.29, 1.82) is 0 Å². The molecule has 14 heteroatoms. The highest BCUT2D eigenvalue weighted by molar-refractivity contribution is 8.13. The van der Waals surface area contributed by atoms with Crippen molar-refractivity contribution in [3.05, 3.63) is 30.3 Å². The first-order valence-electron chi connectivity index (χ1n) is 11.5. The second-order valence-electron chi connectivity index (χ2n) is 8.67. The van der Waals surface area contributed by atoms with E-state index in [1.54, 1.807) is 30.3 Å². The fourth-order valence-electron chi connectivity index (χ4n) is 2.73. The zero-order chi connectivity index (χ0) is 28.1. The molecular weight excluding hydrogens is 525 g/mol. The molecule has 0 spiro atoms. The first-order valence-corrected chi connectivity index (χ1v) is 14.0. The molecule has 12 nitrogen and oxygen atoms in total. The number of carbonyl (C=O) groups is 4. The van der Waals surface area contributed by atoms with Crippen LogP contribution in [0.1, 0.15) is 34.1 Å². The van der Waals surface area contributed by atoms with Gasteiger partial charge in [0.1, 0.15) is 17.9 Å². The van der Waals surface area contributed by atoms with Crippen LogP contribution in [0, 0.1) is 5.41 Å². The lowest BCUT2D eigenvalue weighted by Gasteiger charge is -2.31. The average Bonchev–Trinajstić information content (AvgIpc) is 2.84. The molecule has 0 aliphatic rings. The maximum Gasteiger partial charge on any atom is 0.459 e. The number of nitrogens with one attached hydrogen (secondary N) is 3. The number of hydrogen-bond acceptors (Lipinski definition) is 10. The zero-order valence-corrected chi connectivity index (χ0v) is 23.4. The van der Waals surface area contributed by atoms with Gasteiger partial charge in [0, 0.05) is 37.6 Å².